The molecule has 2 amide bonds. The Morgan fingerprint density at radius 1 is 0.897 bits per heavy atom. The third-order valence-corrected chi connectivity index (χ3v) is 8.29. The third kappa shape index (κ3) is 7.14. The van der Waals surface area contributed by atoms with E-state index in [-0.39, 0.29) is 22.9 Å². The van der Waals surface area contributed by atoms with E-state index in [1.165, 1.54) is 68.6 Å². The molecule has 0 aromatic heterocycles. The first-order valence-electron chi connectivity index (χ1n) is 11.8. The normalized spacial score (nSPS) is 11.8. The van der Waals surface area contributed by atoms with E-state index in [0.29, 0.717) is 21.4 Å². The van der Waals surface area contributed by atoms with Crippen LogP contribution in [-0.2, 0) is 26.2 Å². The highest BCUT2D eigenvalue weighted by Gasteiger charge is 2.32. The number of ether oxygens (including phenoxy) is 2. The van der Waals surface area contributed by atoms with Gasteiger partial charge in [-0.05, 0) is 61.0 Å². The molecular weight excluding hydrogens is 565 g/mol. The van der Waals surface area contributed by atoms with Gasteiger partial charge in [0.25, 0.3) is 10.0 Å². The fraction of sp³-hybridized carbons (Fsp3) is 0.259. The number of nitrogens with one attached hydrogen (secondary N) is 1. The average molecular weight is 595 g/mol. The summed E-state index contributed by atoms with van der Waals surface area (Å²) in [5, 5.41) is 3.45. The van der Waals surface area contributed by atoms with Crippen LogP contribution in [0.3, 0.4) is 0 Å². The second-order valence-corrected chi connectivity index (χ2v) is 11.2. The smallest absolute Gasteiger partial charge is 0.264 e. The largest absolute Gasteiger partial charge is 0.493 e. The Morgan fingerprint density at radius 2 is 1.46 bits per heavy atom. The van der Waals surface area contributed by atoms with Gasteiger partial charge in [-0.2, -0.15) is 0 Å². The van der Waals surface area contributed by atoms with Crippen molar-refractivity contribution >= 4 is 50.7 Å². The lowest BCUT2D eigenvalue weighted by Crippen LogP contribution is -2.50. The van der Waals surface area contributed by atoms with Crippen LogP contribution in [0.1, 0.15) is 12.5 Å². The van der Waals surface area contributed by atoms with Crippen molar-refractivity contribution < 1.29 is 27.5 Å². The summed E-state index contributed by atoms with van der Waals surface area (Å²) in [6, 6.07) is 16.1. The van der Waals surface area contributed by atoms with E-state index in [4.69, 9.17) is 32.7 Å². The predicted octanol–water partition coefficient (Wildman–Crippen LogP) is 4.37. The number of halogens is 2. The maximum Gasteiger partial charge on any atom is 0.264 e. The standard InChI is InChI=1S/C27H29Cl2N3O6S/c1-18(27(34)30-2)31(16-19-5-7-20(28)8-6-19)26(33)17-32(22-11-9-21(29)10-12-22)39(35,36)23-13-14-24(37-3)25(15-23)38-4/h5-15,18H,16-17H2,1-4H3,(H,30,34)/t18-/m1/s1. The second-order valence-electron chi connectivity index (χ2n) is 8.44. The number of methoxy groups -OCH3 is 2. The fourth-order valence-electron chi connectivity index (χ4n) is 3.82. The Kier molecular flexibility index (Phi) is 10.1. The minimum atomic E-state index is -4.29. The Balaban J connectivity index is 2.06. The quantitative estimate of drug-likeness (QED) is 0.354. The monoisotopic (exact) mass is 593 g/mol. The van der Waals surface area contributed by atoms with Crippen LogP contribution in [0.5, 0.6) is 11.5 Å². The van der Waals surface area contributed by atoms with Crippen LogP contribution in [0.15, 0.2) is 71.6 Å². The van der Waals surface area contributed by atoms with Crippen LogP contribution in [0.25, 0.3) is 0 Å². The molecule has 3 aromatic carbocycles. The molecule has 3 aromatic rings. The van der Waals surface area contributed by atoms with Crippen LogP contribution in [0, 0.1) is 0 Å². The zero-order chi connectivity index (χ0) is 28.7. The molecule has 39 heavy (non-hydrogen) atoms. The number of carbonyl (C=O) groups is 2. The number of benzene rings is 3. The molecule has 0 radical (unpaired) electrons. The van der Waals surface area contributed by atoms with Crippen molar-refractivity contribution in [1.29, 1.82) is 0 Å². The number of likely N-dealkylation sites (N-methyl/N-ethyl adjacent to an activating group) is 1. The van der Waals surface area contributed by atoms with E-state index in [1.54, 1.807) is 31.2 Å². The molecule has 12 heteroatoms. The van der Waals surface area contributed by atoms with E-state index in [9.17, 15) is 18.0 Å². The molecule has 1 N–H and O–H groups in total. The molecule has 0 saturated carbocycles. The maximum atomic E-state index is 13.9. The van der Waals surface area contributed by atoms with Gasteiger partial charge in [0, 0.05) is 29.7 Å². The summed E-state index contributed by atoms with van der Waals surface area (Å²) in [7, 11) is 0.000190. The summed E-state index contributed by atoms with van der Waals surface area (Å²) in [4.78, 5) is 27.5. The SMILES string of the molecule is CNC(=O)[C@@H](C)N(Cc1ccc(Cl)cc1)C(=O)CN(c1ccc(Cl)cc1)S(=O)(=O)c1ccc(OC)c(OC)c1. The van der Waals surface area contributed by atoms with E-state index in [0.717, 1.165) is 4.31 Å². The Hall–Kier alpha value is -3.47. The van der Waals surface area contributed by atoms with Gasteiger partial charge in [-0.1, -0.05) is 35.3 Å². The van der Waals surface area contributed by atoms with Crippen LogP contribution < -0.4 is 19.1 Å². The van der Waals surface area contributed by atoms with Gasteiger partial charge in [0.15, 0.2) is 11.5 Å². The Bertz CT molecular complexity index is 1420. The van der Waals surface area contributed by atoms with E-state index in [2.05, 4.69) is 5.32 Å². The van der Waals surface area contributed by atoms with Crippen LogP contribution in [0.4, 0.5) is 5.69 Å². The summed E-state index contributed by atoms with van der Waals surface area (Å²) < 4.78 is 39.3. The maximum absolute atomic E-state index is 13.9. The lowest BCUT2D eigenvalue weighted by atomic mass is 10.1. The Labute approximate surface area is 238 Å². The van der Waals surface area contributed by atoms with Gasteiger partial charge in [0.05, 0.1) is 24.8 Å². The first-order valence-corrected chi connectivity index (χ1v) is 14.0. The lowest BCUT2D eigenvalue weighted by Gasteiger charge is -2.31. The molecule has 0 spiro atoms. The van der Waals surface area contributed by atoms with Crippen molar-refractivity contribution in [3.05, 3.63) is 82.3 Å². The summed E-state index contributed by atoms with van der Waals surface area (Å²) >= 11 is 12.0. The first kappa shape index (κ1) is 30.1. The first-order chi connectivity index (χ1) is 18.5. The summed E-state index contributed by atoms with van der Waals surface area (Å²) in [5.41, 5.74) is 0.922. The number of anilines is 1. The minimum absolute atomic E-state index is 0.0510. The summed E-state index contributed by atoms with van der Waals surface area (Å²) in [5.74, 6) is -0.448. The van der Waals surface area contributed by atoms with E-state index >= 15 is 0 Å². The molecule has 1 atom stereocenters. The van der Waals surface area contributed by atoms with E-state index in [1.807, 2.05) is 0 Å². The molecule has 0 aliphatic carbocycles. The van der Waals surface area contributed by atoms with Gasteiger partial charge < -0.3 is 19.7 Å². The number of sulfonamides is 1. The number of rotatable bonds is 11. The fourth-order valence-corrected chi connectivity index (χ4v) is 5.50. The van der Waals surface area contributed by atoms with Crippen LogP contribution >= 0.6 is 23.2 Å². The summed E-state index contributed by atoms with van der Waals surface area (Å²) in [6.45, 7) is 1.03. The number of hydrogen-bond donors (Lipinski definition) is 1. The number of amides is 2. The lowest BCUT2D eigenvalue weighted by molar-refractivity contribution is -0.139. The number of hydrogen-bond acceptors (Lipinski definition) is 6. The molecule has 3 rings (SSSR count). The molecule has 0 saturated heterocycles. The van der Waals surface area contributed by atoms with Crippen molar-refractivity contribution in [3.8, 4) is 11.5 Å². The molecule has 0 heterocycles. The minimum Gasteiger partial charge on any atom is -0.493 e. The Morgan fingerprint density at radius 3 is 2.00 bits per heavy atom. The third-order valence-electron chi connectivity index (χ3n) is 6.02. The van der Waals surface area contributed by atoms with Crippen LogP contribution in [-0.4, -0.2) is 59.0 Å². The van der Waals surface area contributed by atoms with E-state index < -0.39 is 34.4 Å². The van der Waals surface area contributed by atoms with Crippen molar-refractivity contribution in [2.45, 2.75) is 24.4 Å². The van der Waals surface area contributed by atoms with Gasteiger partial charge in [-0.15, -0.1) is 0 Å². The van der Waals surface area contributed by atoms with Crippen molar-refractivity contribution in [2.24, 2.45) is 0 Å². The molecule has 0 aliphatic heterocycles. The second kappa shape index (κ2) is 13.1. The van der Waals surface area contributed by atoms with Crippen LogP contribution in [0.2, 0.25) is 10.0 Å². The zero-order valence-corrected chi connectivity index (χ0v) is 24.2. The zero-order valence-electron chi connectivity index (χ0n) is 21.9. The topological polar surface area (TPSA) is 105 Å². The van der Waals surface area contributed by atoms with Gasteiger partial charge in [-0.3, -0.25) is 13.9 Å². The molecule has 9 nitrogen and oxygen atoms in total. The average Bonchev–Trinajstić information content (AvgIpc) is 2.94. The number of carbonyl (C=O) groups excluding carboxylic acids is 2. The molecule has 0 aliphatic rings. The predicted molar refractivity (Wildman–Crippen MR) is 151 cm³/mol. The molecule has 0 bridgehead atoms. The summed E-state index contributed by atoms with van der Waals surface area (Å²) in [6.07, 6.45) is 0. The van der Waals surface area contributed by atoms with Gasteiger partial charge in [0.2, 0.25) is 11.8 Å². The highest BCUT2D eigenvalue weighted by atomic mass is 35.5. The van der Waals surface area contributed by atoms with Gasteiger partial charge >= 0.3 is 0 Å². The van der Waals surface area contributed by atoms with Crippen molar-refractivity contribution in [1.82, 2.24) is 10.2 Å². The van der Waals surface area contributed by atoms with Crippen molar-refractivity contribution in [3.63, 3.8) is 0 Å². The molecule has 0 fully saturated rings. The molecular formula is C27H29Cl2N3O6S. The highest BCUT2D eigenvalue weighted by Crippen LogP contribution is 2.32. The molecule has 0 unspecified atom stereocenters. The number of nitrogens with zero attached hydrogens (tertiary/aromatic N) is 2. The van der Waals surface area contributed by atoms with Gasteiger partial charge in [-0.25, -0.2) is 8.42 Å². The highest BCUT2D eigenvalue weighted by molar-refractivity contribution is 7.92. The van der Waals surface area contributed by atoms with Gasteiger partial charge in [0.1, 0.15) is 12.6 Å². The van der Waals surface area contributed by atoms with Crippen molar-refractivity contribution in [2.75, 3.05) is 32.1 Å². The molecule has 208 valence electrons.